The van der Waals surface area contributed by atoms with E-state index < -0.39 is 0 Å². The van der Waals surface area contributed by atoms with Crippen LogP contribution in [0.1, 0.15) is 16.7 Å². The molecule has 0 aliphatic heterocycles. The Hall–Kier alpha value is -2.20. The van der Waals surface area contributed by atoms with Crippen LogP contribution in [-0.4, -0.2) is 11.1 Å². The number of hydrogen-bond donors (Lipinski definition) is 3. The minimum atomic E-state index is -0.358. The molecule has 0 bridgehead atoms. The lowest BCUT2D eigenvalue weighted by Gasteiger charge is -2.12. The molecule has 2 aromatic rings. The predicted molar refractivity (Wildman–Crippen MR) is 86.4 cm³/mol. The number of amides is 2. The van der Waals surface area contributed by atoms with Gasteiger partial charge in [-0.15, -0.1) is 0 Å². The molecule has 2 aromatic carbocycles. The number of carbonyl (C=O) groups is 1. The molecule has 110 valence electrons. The Morgan fingerprint density at radius 3 is 2.38 bits per heavy atom. The standard InChI is InChI=1S/C16H17ClN2O2/c1-9-4-5-12(8-13(9)17)18-16(21)19-14-6-11(3)15(20)7-10(14)2/h4-8,20H,1-3H3,(H2,18,19,21). The minimum Gasteiger partial charge on any atom is -0.508 e. The number of aromatic hydroxyl groups is 1. The van der Waals surface area contributed by atoms with Crippen molar-refractivity contribution < 1.29 is 9.90 Å². The molecular formula is C16H17ClN2O2. The lowest BCUT2D eigenvalue weighted by Crippen LogP contribution is -2.20. The van der Waals surface area contributed by atoms with Crippen molar-refractivity contribution >= 4 is 29.0 Å². The van der Waals surface area contributed by atoms with E-state index in [0.717, 1.165) is 11.1 Å². The molecule has 0 unspecified atom stereocenters. The summed E-state index contributed by atoms with van der Waals surface area (Å²) in [5.74, 6) is 0.212. The van der Waals surface area contributed by atoms with Crippen molar-refractivity contribution in [2.24, 2.45) is 0 Å². The van der Waals surface area contributed by atoms with Crippen LogP contribution in [0.2, 0.25) is 5.02 Å². The van der Waals surface area contributed by atoms with Gasteiger partial charge in [0.2, 0.25) is 0 Å². The summed E-state index contributed by atoms with van der Waals surface area (Å²) in [6.07, 6.45) is 0. The number of nitrogens with one attached hydrogen (secondary N) is 2. The maximum absolute atomic E-state index is 12.0. The van der Waals surface area contributed by atoms with Gasteiger partial charge in [-0.05, 0) is 61.7 Å². The number of halogens is 1. The van der Waals surface area contributed by atoms with E-state index in [0.29, 0.717) is 22.0 Å². The summed E-state index contributed by atoms with van der Waals surface area (Å²) in [5, 5.41) is 15.7. The van der Waals surface area contributed by atoms with Crippen LogP contribution in [0, 0.1) is 20.8 Å². The molecule has 0 radical (unpaired) electrons. The number of rotatable bonds is 2. The predicted octanol–water partition coefficient (Wildman–Crippen LogP) is 4.61. The summed E-state index contributed by atoms with van der Waals surface area (Å²) >= 11 is 6.02. The molecule has 0 aromatic heterocycles. The fraction of sp³-hybridized carbons (Fsp3) is 0.188. The van der Waals surface area contributed by atoms with Crippen molar-refractivity contribution in [2.75, 3.05) is 10.6 Å². The van der Waals surface area contributed by atoms with Crippen molar-refractivity contribution in [3.8, 4) is 5.75 Å². The zero-order chi connectivity index (χ0) is 15.6. The van der Waals surface area contributed by atoms with Crippen LogP contribution >= 0.6 is 11.6 Å². The maximum atomic E-state index is 12.0. The first-order chi connectivity index (χ1) is 9.86. The molecule has 0 aliphatic rings. The van der Waals surface area contributed by atoms with Crippen LogP contribution in [0.15, 0.2) is 30.3 Å². The number of phenolic OH excluding ortho intramolecular Hbond substituents is 1. The van der Waals surface area contributed by atoms with Crippen LogP contribution in [0.5, 0.6) is 5.75 Å². The number of carbonyl (C=O) groups excluding carboxylic acids is 1. The number of phenols is 1. The number of benzene rings is 2. The second-order valence-electron chi connectivity index (χ2n) is 5.00. The number of urea groups is 1. The number of hydrogen-bond acceptors (Lipinski definition) is 2. The van der Waals surface area contributed by atoms with Gasteiger partial charge >= 0.3 is 6.03 Å². The SMILES string of the molecule is Cc1cc(NC(=O)Nc2ccc(C)c(Cl)c2)c(C)cc1O. The van der Waals surface area contributed by atoms with E-state index in [-0.39, 0.29) is 11.8 Å². The van der Waals surface area contributed by atoms with Crippen molar-refractivity contribution in [1.82, 2.24) is 0 Å². The summed E-state index contributed by atoms with van der Waals surface area (Å²) in [6.45, 7) is 5.49. The zero-order valence-corrected chi connectivity index (χ0v) is 12.9. The van der Waals surface area contributed by atoms with Crippen molar-refractivity contribution in [3.05, 3.63) is 52.0 Å². The topological polar surface area (TPSA) is 61.4 Å². The maximum Gasteiger partial charge on any atom is 0.323 e. The Balaban J connectivity index is 2.11. The lowest BCUT2D eigenvalue weighted by atomic mass is 10.1. The fourth-order valence-corrected chi connectivity index (χ4v) is 2.07. The van der Waals surface area contributed by atoms with Crippen LogP contribution in [0.25, 0.3) is 0 Å². The van der Waals surface area contributed by atoms with E-state index in [1.54, 1.807) is 31.2 Å². The van der Waals surface area contributed by atoms with Crippen molar-refractivity contribution in [1.29, 1.82) is 0 Å². The highest BCUT2D eigenvalue weighted by Gasteiger charge is 2.08. The summed E-state index contributed by atoms with van der Waals surface area (Å²) in [6, 6.07) is 8.32. The molecule has 0 saturated heterocycles. The molecule has 0 aliphatic carbocycles. The molecule has 4 nitrogen and oxygen atoms in total. The normalized spacial score (nSPS) is 10.3. The third kappa shape index (κ3) is 3.67. The Kier molecular flexibility index (Phi) is 4.38. The van der Waals surface area contributed by atoms with E-state index in [9.17, 15) is 9.90 Å². The molecule has 0 fully saturated rings. The van der Waals surface area contributed by atoms with E-state index in [2.05, 4.69) is 10.6 Å². The van der Waals surface area contributed by atoms with Gasteiger partial charge in [-0.3, -0.25) is 0 Å². The second-order valence-corrected chi connectivity index (χ2v) is 5.40. The molecule has 0 atom stereocenters. The Morgan fingerprint density at radius 2 is 1.71 bits per heavy atom. The van der Waals surface area contributed by atoms with E-state index in [4.69, 9.17) is 11.6 Å². The van der Waals surface area contributed by atoms with E-state index >= 15 is 0 Å². The molecule has 21 heavy (non-hydrogen) atoms. The van der Waals surface area contributed by atoms with Crippen molar-refractivity contribution in [3.63, 3.8) is 0 Å². The number of aryl methyl sites for hydroxylation is 3. The summed E-state index contributed by atoms with van der Waals surface area (Å²) in [7, 11) is 0. The van der Waals surface area contributed by atoms with E-state index in [1.807, 2.05) is 19.9 Å². The summed E-state index contributed by atoms with van der Waals surface area (Å²) < 4.78 is 0. The summed E-state index contributed by atoms with van der Waals surface area (Å²) in [4.78, 5) is 12.0. The molecule has 5 heteroatoms. The first kappa shape index (κ1) is 15.2. The molecule has 0 heterocycles. The highest BCUT2D eigenvalue weighted by Crippen LogP contribution is 2.25. The van der Waals surface area contributed by atoms with Gasteiger partial charge in [0.25, 0.3) is 0 Å². The Morgan fingerprint density at radius 1 is 1.00 bits per heavy atom. The Bertz CT molecular complexity index is 699. The van der Waals surface area contributed by atoms with Crippen LogP contribution in [0.3, 0.4) is 0 Å². The molecule has 3 N–H and O–H groups in total. The van der Waals surface area contributed by atoms with Gasteiger partial charge in [0.15, 0.2) is 0 Å². The molecule has 2 rings (SSSR count). The van der Waals surface area contributed by atoms with Gasteiger partial charge in [0.1, 0.15) is 5.75 Å². The smallest absolute Gasteiger partial charge is 0.323 e. The van der Waals surface area contributed by atoms with Gasteiger partial charge in [-0.2, -0.15) is 0 Å². The average Bonchev–Trinajstić information content (AvgIpc) is 2.40. The van der Waals surface area contributed by atoms with Crippen LogP contribution in [0.4, 0.5) is 16.2 Å². The minimum absolute atomic E-state index is 0.212. The largest absolute Gasteiger partial charge is 0.508 e. The number of anilines is 2. The Labute approximate surface area is 128 Å². The monoisotopic (exact) mass is 304 g/mol. The third-order valence-corrected chi connectivity index (χ3v) is 3.63. The molecule has 0 saturated carbocycles. The van der Waals surface area contributed by atoms with Crippen LogP contribution < -0.4 is 10.6 Å². The highest BCUT2D eigenvalue weighted by molar-refractivity contribution is 6.31. The van der Waals surface area contributed by atoms with E-state index in [1.165, 1.54) is 0 Å². The first-order valence-electron chi connectivity index (χ1n) is 6.51. The van der Waals surface area contributed by atoms with Gasteiger partial charge in [0, 0.05) is 16.4 Å². The molecular weight excluding hydrogens is 288 g/mol. The van der Waals surface area contributed by atoms with Crippen molar-refractivity contribution in [2.45, 2.75) is 20.8 Å². The highest BCUT2D eigenvalue weighted by atomic mass is 35.5. The van der Waals surface area contributed by atoms with Gasteiger partial charge in [-0.1, -0.05) is 17.7 Å². The average molecular weight is 305 g/mol. The second kappa shape index (κ2) is 6.06. The van der Waals surface area contributed by atoms with Gasteiger partial charge in [0.05, 0.1) is 0 Å². The summed E-state index contributed by atoms with van der Waals surface area (Å²) in [5.41, 5.74) is 3.72. The molecule has 2 amide bonds. The lowest BCUT2D eigenvalue weighted by molar-refractivity contribution is 0.262. The molecule has 0 spiro atoms. The first-order valence-corrected chi connectivity index (χ1v) is 6.89. The fourth-order valence-electron chi connectivity index (χ4n) is 1.89. The quantitative estimate of drug-likeness (QED) is 0.709. The van der Waals surface area contributed by atoms with Gasteiger partial charge < -0.3 is 15.7 Å². The zero-order valence-electron chi connectivity index (χ0n) is 12.1. The third-order valence-electron chi connectivity index (χ3n) is 3.22. The van der Waals surface area contributed by atoms with Gasteiger partial charge in [-0.25, -0.2) is 4.79 Å². The van der Waals surface area contributed by atoms with Crippen LogP contribution in [-0.2, 0) is 0 Å².